The number of benzene rings is 1. The van der Waals surface area contributed by atoms with Crippen LogP contribution >= 0.6 is 0 Å². The van der Waals surface area contributed by atoms with E-state index in [-0.39, 0.29) is 11.8 Å². The zero-order chi connectivity index (χ0) is 12.8. The molecular weight excluding hydrogens is 212 g/mol. The van der Waals surface area contributed by atoms with Gasteiger partial charge in [-0.15, -0.1) is 0 Å². The average molecular weight is 234 g/mol. The first-order valence-electron chi connectivity index (χ1n) is 6.16. The lowest BCUT2D eigenvalue weighted by atomic mass is 10.0. The van der Waals surface area contributed by atoms with Gasteiger partial charge in [0.25, 0.3) is 0 Å². The Morgan fingerprint density at radius 2 is 1.88 bits per heavy atom. The van der Waals surface area contributed by atoms with Gasteiger partial charge < -0.3 is 11.1 Å². The van der Waals surface area contributed by atoms with E-state index in [1.165, 1.54) is 11.1 Å². The molecule has 0 aliphatic carbocycles. The summed E-state index contributed by atoms with van der Waals surface area (Å²) >= 11 is 0. The Hall–Kier alpha value is -1.35. The molecule has 0 saturated carbocycles. The number of aryl methyl sites for hydroxylation is 1. The number of carbonyl (C=O) groups is 1. The molecule has 3 N–H and O–H groups in total. The Morgan fingerprint density at radius 1 is 1.29 bits per heavy atom. The summed E-state index contributed by atoms with van der Waals surface area (Å²) in [6.07, 6.45) is 0.974. The van der Waals surface area contributed by atoms with Crippen LogP contribution in [0.2, 0.25) is 0 Å². The average Bonchev–Trinajstić information content (AvgIpc) is 2.35. The van der Waals surface area contributed by atoms with Gasteiger partial charge in [-0.05, 0) is 23.5 Å². The highest BCUT2D eigenvalue weighted by atomic mass is 16.2. The van der Waals surface area contributed by atoms with Gasteiger partial charge in [-0.25, -0.2) is 0 Å². The number of hydrogen-bond acceptors (Lipinski definition) is 2. The molecule has 0 radical (unpaired) electrons. The summed E-state index contributed by atoms with van der Waals surface area (Å²) in [6, 6.07) is 7.71. The van der Waals surface area contributed by atoms with Gasteiger partial charge in [0.05, 0.1) is 6.04 Å². The monoisotopic (exact) mass is 234 g/mol. The molecule has 0 aromatic heterocycles. The van der Waals surface area contributed by atoms with Gasteiger partial charge in [0.1, 0.15) is 0 Å². The molecule has 0 spiro atoms. The van der Waals surface area contributed by atoms with Gasteiger partial charge in [-0.1, -0.05) is 45.0 Å². The molecule has 0 bridgehead atoms. The lowest BCUT2D eigenvalue weighted by molar-refractivity contribution is -0.123. The van der Waals surface area contributed by atoms with Crippen LogP contribution in [0.25, 0.3) is 0 Å². The molecule has 1 aromatic rings. The van der Waals surface area contributed by atoms with Crippen LogP contribution in [-0.2, 0) is 17.8 Å². The second-order valence-electron chi connectivity index (χ2n) is 4.61. The van der Waals surface area contributed by atoms with E-state index in [2.05, 4.69) is 18.3 Å². The van der Waals surface area contributed by atoms with E-state index < -0.39 is 6.04 Å². The molecule has 3 nitrogen and oxygen atoms in total. The molecule has 1 aromatic carbocycles. The van der Waals surface area contributed by atoms with Crippen LogP contribution in [0.5, 0.6) is 0 Å². The van der Waals surface area contributed by atoms with E-state index >= 15 is 0 Å². The topological polar surface area (TPSA) is 55.1 Å². The fourth-order valence-electron chi connectivity index (χ4n) is 1.68. The molecule has 1 amide bonds. The number of nitrogens with two attached hydrogens (primary N) is 1. The van der Waals surface area contributed by atoms with E-state index in [0.717, 1.165) is 6.42 Å². The Labute approximate surface area is 103 Å². The summed E-state index contributed by atoms with van der Waals surface area (Å²) in [6.45, 7) is 6.57. The van der Waals surface area contributed by atoms with Crippen molar-refractivity contribution < 1.29 is 4.79 Å². The van der Waals surface area contributed by atoms with Gasteiger partial charge in [-0.2, -0.15) is 0 Å². The van der Waals surface area contributed by atoms with E-state index in [4.69, 9.17) is 5.73 Å². The van der Waals surface area contributed by atoms with Crippen LogP contribution in [0.3, 0.4) is 0 Å². The highest BCUT2D eigenvalue weighted by Gasteiger charge is 2.16. The first-order chi connectivity index (χ1) is 8.06. The van der Waals surface area contributed by atoms with Crippen molar-refractivity contribution in [1.29, 1.82) is 0 Å². The number of amides is 1. The van der Waals surface area contributed by atoms with Crippen LogP contribution in [0.4, 0.5) is 0 Å². The molecule has 0 aliphatic rings. The molecule has 94 valence electrons. The third-order valence-electron chi connectivity index (χ3n) is 2.97. The van der Waals surface area contributed by atoms with Gasteiger partial charge in [0.15, 0.2) is 0 Å². The fraction of sp³-hybridized carbons (Fsp3) is 0.500. The smallest absolute Gasteiger partial charge is 0.237 e. The molecule has 0 fully saturated rings. The summed E-state index contributed by atoms with van der Waals surface area (Å²) in [5, 5.41) is 2.89. The molecular formula is C14H22N2O. The lowest BCUT2D eigenvalue weighted by Gasteiger charge is -2.16. The Balaban J connectivity index is 2.58. The molecule has 3 heteroatoms. The quantitative estimate of drug-likeness (QED) is 0.817. The first-order valence-corrected chi connectivity index (χ1v) is 6.16. The summed E-state index contributed by atoms with van der Waals surface area (Å²) in [7, 11) is 0. The predicted octanol–water partition coefficient (Wildman–Crippen LogP) is 1.85. The minimum Gasteiger partial charge on any atom is -0.351 e. The third-order valence-corrected chi connectivity index (χ3v) is 2.97. The molecule has 0 aliphatic heterocycles. The SMILES string of the molecule is CCc1ccccc1CNC(=O)[C@@H](N)C(C)C. The number of carbonyl (C=O) groups excluding carboxylic acids is 1. The molecule has 0 unspecified atom stereocenters. The van der Waals surface area contributed by atoms with Gasteiger partial charge in [0.2, 0.25) is 5.91 Å². The molecule has 0 saturated heterocycles. The number of nitrogens with one attached hydrogen (secondary N) is 1. The zero-order valence-corrected chi connectivity index (χ0v) is 10.9. The van der Waals surface area contributed by atoms with Gasteiger partial charge in [-0.3, -0.25) is 4.79 Å². The van der Waals surface area contributed by atoms with Crippen molar-refractivity contribution in [3.05, 3.63) is 35.4 Å². The summed E-state index contributed by atoms with van der Waals surface area (Å²) in [5.41, 5.74) is 8.22. The normalized spacial score (nSPS) is 12.5. The summed E-state index contributed by atoms with van der Waals surface area (Å²) in [4.78, 5) is 11.7. The van der Waals surface area contributed by atoms with Crippen molar-refractivity contribution >= 4 is 5.91 Å². The van der Waals surface area contributed by atoms with Crippen LogP contribution < -0.4 is 11.1 Å². The maximum atomic E-state index is 11.7. The first kappa shape index (κ1) is 13.7. The lowest BCUT2D eigenvalue weighted by Crippen LogP contribution is -2.43. The van der Waals surface area contributed by atoms with Crippen molar-refractivity contribution in [2.24, 2.45) is 11.7 Å². The van der Waals surface area contributed by atoms with E-state index in [0.29, 0.717) is 6.54 Å². The van der Waals surface area contributed by atoms with Crippen molar-refractivity contribution in [1.82, 2.24) is 5.32 Å². The third kappa shape index (κ3) is 3.86. The van der Waals surface area contributed by atoms with Gasteiger partial charge >= 0.3 is 0 Å². The molecule has 0 heterocycles. The highest BCUT2D eigenvalue weighted by molar-refractivity contribution is 5.81. The van der Waals surface area contributed by atoms with Crippen LogP contribution in [0.15, 0.2) is 24.3 Å². The largest absolute Gasteiger partial charge is 0.351 e. The predicted molar refractivity (Wildman–Crippen MR) is 70.5 cm³/mol. The molecule has 1 rings (SSSR count). The van der Waals surface area contributed by atoms with Crippen molar-refractivity contribution in [3.63, 3.8) is 0 Å². The molecule has 17 heavy (non-hydrogen) atoms. The van der Waals surface area contributed by atoms with E-state index in [9.17, 15) is 4.79 Å². The minimum atomic E-state index is -0.427. The van der Waals surface area contributed by atoms with Crippen LogP contribution in [0.1, 0.15) is 31.9 Å². The van der Waals surface area contributed by atoms with Crippen molar-refractivity contribution in [2.75, 3.05) is 0 Å². The second kappa shape index (κ2) is 6.40. The Bertz CT molecular complexity index is 374. The maximum Gasteiger partial charge on any atom is 0.237 e. The fourth-order valence-corrected chi connectivity index (χ4v) is 1.68. The van der Waals surface area contributed by atoms with Gasteiger partial charge in [0, 0.05) is 6.54 Å². The van der Waals surface area contributed by atoms with E-state index in [1.54, 1.807) is 0 Å². The minimum absolute atomic E-state index is 0.0779. The standard InChI is InChI=1S/C14H22N2O/c1-4-11-7-5-6-8-12(11)9-16-14(17)13(15)10(2)3/h5-8,10,13H,4,9,15H2,1-3H3,(H,16,17)/t13-/m0/s1. The Morgan fingerprint density at radius 3 is 2.41 bits per heavy atom. The number of rotatable bonds is 5. The Kier molecular flexibility index (Phi) is 5.16. The van der Waals surface area contributed by atoms with Crippen molar-refractivity contribution in [3.8, 4) is 0 Å². The summed E-state index contributed by atoms with van der Waals surface area (Å²) in [5.74, 6) is 0.0855. The second-order valence-corrected chi connectivity index (χ2v) is 4.61. The summed E-state index contributed by atoms with van der Waals surface area (Å²) < 4.78 is 0. The van der Waals surface area contributed by atoms with E-state index in [1.807, 2.05) is 32.0 Å². The highest BCUT2D eigenvalue weighted by Crippen LogP contribution is 2.09. The van der Waals surface area contributed by atoms with Crippen molar-refractivity contribution in [2.45, 2.75) is 39.8 Å². The van der Waals surface area contributed by atoms with Crippen LogP contribution in [-0.4, -0.2) is 11.9 Å². The number of hydrogen-bond donors (Lipinski definition) is 2. The zero-order valence-electron chi connectivity index (χ0n) is 10.9. The van der Waals surface area contributed by atoms with Crippen LogP contribution in [0, 0.1) is 5.92 Å². The molecule has 1 atom stereocenters. The maximum absolute atomic E-state index is 11.7.